The predicted octanol–water partition coefficient (Wildman–Crippen LogP) is 32.6. The molecule has 18 aliphatic rings. The molecule has 24 rings (SSSR count). The lowest BCUT2D eigenvalue weighted by atomic mass is 9.79. The summed E-state index contributed by atoms with van der Waals surface area (Å²) < 4.78 is 9.35. The average molecular weight is 2080 g/mol. The molecular weight excluding hydrogens is 1910 g/mol. The Morgan fingerprint density at radius 2 is 0.522 bits per heavy atom. The van der Waals surface area contributed by atoms with Crippen LogP contribution in [0.2, 0.25) is 78.6 Å². The maximum atomic E-state index is 3.81. The van der Waals surface area contributed by atoms with Gasteiger partial charge in [-0.25, -0.2) is 0 Å². The van der Waals surface area contributed by atoms with Crippen molar-refractivity contribution in [3.05, 3.63) is 319 Å². The summed E-state index contributed by atoms with van der Waals surface area (Å²) in [6.07, 6.45) is 59.1. The van der Waals surface area contributed by atoms with Crippen molar-refractivity contribution in [2.75, 3.05) is 48.5 Å². The number of hydrogen-bond donors (Lipinski definition) is 1. The molecule has 720 valence electrons. The fourth-order valence-electron chi connectivity index (χ4n) is 30.5. The Labute approximate surface area is 851 Å². The van der Waals surface area contributed by atoms with Crippen LogP contribution >= 0.6 is 47.8 Å². The summed E-state index contributed by atoms with van der Waals surface area (Å²) in [6.45, 7) is 65.7. The van der Waals surface area contributed by atoms with E-state index in [2.05, 4.69) is 521 Å². The van der Waals surface area contributed by atoms with E-state index in [1.54, 1.807) is 27.8 Å². The van der Waals surface area contributed by atoms with Gasteiger partial charge in [0.2, 0.25) is 0 Å². The second kappa shape index (κ2) is 36.3. The zero-order chi connectivity index (χ0) is 96.9. The summed E-state index contributed by atoms with van der Waals surface area (Å²) in [6, 6.07) is 46.4. The van der Waals surface area contributed by atoms with Crippen LogP contribution in [0, 0.1) is 107 Å². The fourth-order valence-corrected chi connectivity index (χ4v) is 38.8. The molecule has 13 heteroatoms. The first-order chi connectivity index (χ1) is 64.1. The Bertz CT molecular complexity index is 5940. The van der Waals surface area contributed by atoms with Crippen molar-refractivity contribution in [2.24, 2.45) is 107 Å². The third-order valence-corrected chi connectivity index (χ3v) is 44.1. The van der Waals surface area contributed by atoms with Crippen LogP contribution in [-0.4, -0.2) is 88.3 Å². The Morgan fingerprint density at radius 3 is 0.875 bits per heavy atom. The minimum Gasteiger partial charge on any atom is -0.394 e. The van der Waals surface area contributed by atoms with Gasteiger partial charge < -0.3 is 29.1 Å². The summed E-state index contributed by atoms with van der Waals surface area (Å²) in [5.74, 6) is 16.4. The van der Waals surface area contributed by atoms with Gasteiger partial charge in [0.05, 0.1) is 16.1 Å². The Balaban J connectivity index is 0.000000105. The van der Waals surface area contributed by atoms with Crippen LogP contribution in [0.25, 0.3) is 0 Å². The molecule has 0 bridgehead atoms. The smallest absolute Gasteiger partial charge is 0.147 e. The van der Waals surface area contributed by atoms with Crippen LogP contribution in [0.4, 0.5) is 34.1 Å². The van der Waals surface area contributed by atoms with Crippen molar-refractivity contribution in [3.63, 3.8) is 0 Å². The van der Waals surface area contributed by atoms with E-state index in [0.29, 0.717) is 178 Å². The van der Waals surface area contributed by atoms with E-state index in [1.807, 2.05) is 0 Å². The van der Waals surface area contributed by atoms with Crippen molar-refractivity contribution < 1.29 is 0 Å². The van der Waals surface area contributed by atoms with Gasteiger partial charge in [0.25, 0.3) is 0 Å². The molecule has 30 unspecified atom stereocenters. The molecule has 1 N–H and O–H groups in total. The van der Waals surface area contributed by atoms with Gasteiger partial charge in [-0.3, -0.25) is 0 Å². The maximum Gasteiger partial charge on any atom is 0.147 e. The molecule has 6 fully saturated rings. The average Bonchev–Trinajstić information content (AvgIpc) is 1.54. The highest BCUT2D eigenvalue weighted by Crippen LogP contribution is 2.66. The van der Waals surface area contributed by atoms with E-state index >= 15 is 0 Å². The molecule has 136 heavy (non-hydrogen) atoms. The SMILES string of the molecule is CC1C2C=CC=CC2C2c3cc(Br)ccc3N(C)C12.CC1C2C=CC=CC2C2c3cc(Br)ccc3N(C[Si](C)(C)C)C12.CC1C2C=CC=CC2C2c3cc(Br)ccc3N([Si](C)(C)C)C12.CC1C2C=CC=CC2C2c3cc(C(C)(C)C)ccc3N(C[Si](C)(C)C)C12.CC1C2C=CC=CC2C2c3cc(C(C)(C)C)ccc3N([Si](C)(C)C)C12.CC1C2C=CC=CC2C2c3cc(C(C)(C)C)ccc3NC12. The lowest BCUT2D eigenvalue weighted by Gasteiger charge is -2.41. The quantitative estimate of drug-likeness (QED) is 0.167. The number of anilines is 6. The van der Waals surface area contributed by atoms with Crippen molar-refractivity contribution in [1.82, 2.24) is 0 Å². The maximum absolute atomic E-state index is 3.81. The highest BCUT2D eigenvalue weighted by Gasteiger charge is 2.62. The van der Waals surface area contributed by atoms with Crippen LogP contribution in [0.3, 0.4) is 0 Å². The van der Waals surface area contributed by atoms with E-state index in [-0.39, 0.29) is 16.2 Å². The second-order valence-corrected chi connectivity index (χ2v) is 75.5. The molecule has 0 radical (unpaired) electrons. The van der Waals surface area contributed by atoms with E-state index in [9.17, 15) is 0 Å². The first-order valence-electron chi connectivity index (χ1n) is 52.6. The van der Waals surface area contributed by atoms with Crippen LogP contribution < -0.4 is 29.1 Å². The predicted molar refractivity (Wildman–Crippen MR) is 609 cm³/mol. The molecule has 30 atom stereocenters. The van der Waals surface area contributed by atoms with Gasteiger partial charge in [-0.2, -0.15) is 0 Å². The van der Waals surface area contributed by atoms with Crippen LogP contribution in [0.15, 0.2) is 268 Å². The molecule has 0 saturated heterocycles. The number of halogens is 3. The standard InChI is InChI=1S/C24H35NSi.C23H33NSi.C20H26BrNSi.C20H25N.C19H24BrNSi.C17H18BrN/c1-16-18-10-8-9-11-19(18)22-20-14-17(24(2,3)4)12-13-21(20)25(23(16)22)15-26(5,6)7;1-15-17-10-8-9-11-18(17)21-19-14-16(23(2,3)4)12-13-20(19)24(22(15)21)25(5,6)7;1-13-15-7-5-6-8-16(15)19-17-11-14(21)9-10-18(17)22(20(13)19)12-23(2,3)4;1-12-14-7-5-6-8-15(14)18-16-11-13(20(2,3)4)9-10-17(16)21-19(12)18;1-12-14-7-5-6-8-15(14)18-16-11-13(20)9-10-17(16)21(19(12)18)22(2,3)4;1-10-12-5-3-4-6-13(12)16-14-9-11(18)7-8-15(14)19(2)17(10)16/h8-14,16,18-19,22-23H,15H2,1-7H3;8-15,17-18,21-22H,1-7H3;5-11,13,15-16,19-20H,12H2,1-4H3;5-12,14-15,18-19,21H,1-4H3;5-12,14-15,18-19H,1-4H3;3-10,12-13,16-17H,1-2H3. The number of fused-ring (bicyclic) bond motifs is 30. The monoisotopic (exact) mass is 2070 g/mol. The number of hydrogen-bond acceptors (Lipinski definition) is 6. The molecule has 0 amide bonds. The van der Waals surface area contributed by atoms with Crippen LogP contribution in [-0.2, 0) is 16.2 Å². The summed E-state index contributed by atoms with van der Waals surface area (Å²) in [4.78, 5) is 8.11. The Kier molecular flexibility index (Phi) is 26.2. The van der Waals surface area contributed by atoms with Gasteiger partial charge in [0.1, 0.15) is 16.5 Å². The lowest BCUT2D eigenvalue weighted by Crippen LogP contribution is -2.52. The van der Waals surface area contributed by atoms with Crippen molar-refractivity contribution in [3.8, 4) is 0 Å². The molecule has 6 aromatic rings. The molecule has 6 nitrogen and oxygen atoms in total. The first kappa shape index (κ1) is 98.1. The zero-order valence-electron chi connectivity index (χ0n) is 87.4. The minimum atomic E-state index is -1.45. The summed E-state index contributed by atoms with van der Waals surface area (Å²) in [5, 5.41) is 3.81. The van der Waals surface area contributed by atoms with E-state index < -0.39 is 32.6 Å². The fraction of sp³-hybridized carbons (Fsp3) is 0.512. The normalized spacial score (nSPS) is 34.9. The first-order valence-corrected chi connectivity index (χ1v) is 69.3. The highest BCUT2D eigenvalue weighted by atomic mass is 79.9. The number of allylic oxidation sites excluding steroid dienone is 24. The third-order valence-electron chi connectivity index (χ3n) is 36.1. The molecule has 6 aromatic carbocycles. The molecule has 0 spiro atoms. The highest BCUT2D eigenvalue weighted by molar-refractivity contribution is 9.11. The van der Waals surface area contributed by atoms with E-state index in [1.165, 1.54) is 82.1 Å². The summed E-state index contributed by atoms with van der Waals surface area (Å²) >= 11 is 11.0. The number of rotatable bonds is 6. The van der Waals surface area contributed by atoms with Crippen molar-refractivity contribution in [1.29, 1.82) is 0 Å². The molecule has 6 heterocycles. The molecule has 6 saturated carbocycles. The lowest BCUT2D eigenvalue weighted by molar-refractivity contribution is 0.421. The Hall–Kier alpha value is -6.69. The molecule has 12 aliphatic carbocycles. The van der Waals surface area contributed by atoms with Crippen LogP contribution in [0.1, 0.15) is 189 Å². The molecule has 0 aromatic heterocycles. The number of benzene rings is 6. The third kappa shape index (κ3) is 17.4. The van der Waals surface area contributed by atoms with Gasteiger partial charge in [0, 0.05) is 139 Å². The van der Waals surface area contributed by atoms with Gasteiger partial charge in [0.15, 0.2) is 0 Å². The number of nitrogens with zero attached hydrogens (tertiary/aromatic N) is 5. The molecular formula is C123H161Br3N6Si4. The van der Waals surface area contributed by atoms with Gasteiger partial charge in [-0.1, -0.05) is 412 Å². The Morgan fingerprint density at radius 1 is 0.272 bits per heavy atom. The summed E-state index contributed by atoms with van der Waals surface area (Å²) in [5.41, 5.74) is 23.4. The second-order valence-electron chi connectivity index (χ2n) is 52.3. The molecule has 6 aliphatic heterocycles. The van der Waals surface area contributed by atoms with Gasteiger partial charge in [-0.05, 0) is 246 Å². The van der Waals surface area contributed by atoms with Crippen molar-refractivity contribution >= 4 is 115 Å². The van der Waals surface area contributed by atoms with Gasteiger partial charge >= 0.3 is 0 Å². The topological polar surface area (TPSA) is 28.2 Å². The van der Waals surface area contributed by atoms with Gasteiger partial charge in [-0.15, -0.1) is 0 Å². The van der Waals surface area contributed by atoms with Crippen molar-refractivity contribution in [2.45, 2.75) is 270 Å². The summed E-state index contributed by atoms with van der Waals surface area (Å²) in [7, 11) is -2.95. The number of nitrogens with one attached hydrogen (secondary N) is 1. The van der Waals surface area contributed by atoms with E-state index in [0.717, 1.165) is 0 Å². The number of likely N-dealkylation sites (N-methyl/N-ethyl adjacent to an activating group) is 1. The largest absolute Gasteiger partial charge is 0.394 e. The minimum absolute atomic E-state index is 0.211. The van der Waals surface area contributed by atoms with E-state index in [4.69, 9.17) is 0 Å². The van der Waals surface area contributed by atoms with Crippen LogP contribution in [0.5, 0.6) is 0 Å². The zero-order valence-corrected chi connectivity index (χ0v) is 96.1.